The van der Waals surface area contributed by atoms with Crippen LogP contribution in [-0.4, -0.2) is 17.5 Å². The second kappa shape index (κ2) is 3.85. The highest BCUT2D eigenvalue weighted by molar-refractivity contribution is 6.68. The van der Waals surface area contributed by atoms with Gasteiger partial charge in [0, 0.05) is 11.1 Å². The lowest BCUT2D eigenvalue weighted by Gasteiger charge is -2.06. The van der Waals surface area contributed by atoms with E-state index in [9.17, 15) is 9.90 Å². The smallest absolute Gasteiger partial charge is 0.256 e. The molecule has 0 aliphatic heterocycles. The average molecular weight is 221 g/mol. The number of halogens is 2. The van der Waals surface area contributed by atoms with Gasteiger partial charge in [0.15, 0.2) is 11.5 Å². The third-order valence-electron chi connectivity index (χ3n) is 1.47. The first-order valence-corrected chi connectivity index (χ1v) is 4.08. The van der Waals surface area contributed by atoms with E-state index in [0.29, 0.717) is 0 Å². The van der Waals surface area contributed by atoms with Crippen molar-refractivity contribution in [3.8, 4) is 11.5 Å². The molecule has 0 aromatic heterocycles. The number of hydrogen-bond donors (Lipinski definition) is 1. The Morgan fingerprint density at radius 1 is 1.54 bits per heavy atom. The third-order valence-corrected chi connectivity index (χ3v) is 1.89. The maximum atomic E-state index is 10.8. The Hall–Kier alpha value is -0.930. The lowest BCUT2D eigenvalue weighted by Crippen LogP contribution is -1.93. The predicted octanol–water partition coefficient (Wildman–Crippen LogP) is 2.43. The van der Waals surface area contributed by atoms with Gasteiger partial charge in [-0.25, -0.2) is 0 Å². The van der Waals surface area contributed by atoms with Gasteiger partial charge in [-0.2, -0.15) is 0 Å². The summed E-state index contributed by atoms with van der Waals surface area (Å²) in [6.45, 7) is 0. The summed E-state index contributed by atoms with van der Waals surface area (Å²) in [6, 6.07) is 2.66. The van der Waals surface area contributed by atoms with Crippen molar-refractivity contribution in [2.24, 2.45) is 0 Å². The highest BCUT2D eigenvalue weighted by atomic mass is 35.5. The largest absolute Gasteiger partial charge is 0.504 e. The van der Waals surface area contributed by atoms with Gasteiger partial charge in [-0.1, -0.05) is 11.6 Å². The molecule has 1 N–H and O–H groups in total. The summed E-state index contributed by atoms with van der Waals surface area (Å²) in [5.41, 5.74) is -0.0639. The van der Waals surface area contributed by atoms with Crippen LogP contribution in [0.15, 0.2) is 12.1 Å². The zero-order chi connectivity index (χ0) is 10.0. The number of carbonyl (C=O) groups is 1. The minimum atomic E-state index is -0.779. The molecule has 0 radical (unpaired) electrons. The standard InChI is InChI=1S/C8H6Cl2O3/c1-13-6-3-4(9)2-5(7(6)11)8(10)12/h2-3,11H,1H3. The zero-order valence-corrected chi connectivity index (χ0v) is 8.19. The van der Waals surface area contributed by atoms with Crippen LogP contribution in [0.25, 0.3) is 0 Å². The Morgan fingerprint density at radius 2 is 2.15 bits per heavy atom. The Bertz CT molecular complexity index is 349. The molecule has 0 aliphatic rings. The summed E-state index contributed by atoms with van der Waals surface area (Å²) in [7, 11) is 1.36. The molecule has 0 bridgehead atoms. The maximum absolute atomic E-state index is 10.8. The fraction of sp³-hybridized carbons (Fsp3) is 0.125. The molecular formula is C8H6Cl2O3. The van der Waals surface area contributed by atoms with Gasteiger partial charge in [-0.15, -0.1) is 0 Å². The molecule has 0 fully saturated rings. The second-order valence-corrected chi connectivity index (χ2v) is 3.06. The highest BCUT2D eigenvalue weighted by Gasteiger charge is 2.14. The van der Waals surface area contributed by atoms with Crippen molar-refractivity contribution in [1.82, 2.24) is 0 Å². The normalized spacial score (nSPS) is 9.77. The number of methoxy groups -OCH3 is 1. The van der Waals surface area contributed by atoms with Gasteiger partial charge < -0.3 is 9.84 Å². The van der Waals surface area contributed by atoms with Gasteiger partial charge in [0.25, 0.3) is 5.24 Å². The van der Waals surface area contributed by atoms with Crippen molar-refractivity contribution in [2.75, 3.05) is 7.11 Å². The molecule has 0 spiro atoms. The Labute approximate surface area is 84.8 Å². The number of aromatic hydroxyl groups is 1. The van der Waals surface area contributed by atoms with Crippen molar-refractivity contribution in [3.05, 3.63) is 22.7 Å². The van der Waals surface area contributed by atoms with Crippen LogP contribution in [0.4, 0.5) is 0 Å². The van der Waals surface area contributed by atoms with Crippen LogP contribution in [0.5, 0.6) is 11.5 Å². The van der Waals surface area contributed by atoms with E-state index in [1.165, 1.54) is 19.2 Å². The molecule has 1 aromatic carbocycles. The molecule has 5 heteroatoms. The van der Waals surface area contributed by atoms with E-state index in [1.54, 1.807) is 0 Å². The molecule has 0 heterocycles. The van der Waals surface area contributed by atoms with Crippen LogP contribution in [0.1, 0.15) is 10.4 Å². The molecular weight excluding hydrogens is 215 g/mol. The molecule has 13 heavy (non-hydrogen) atoms. The average Bonchev–Trinajstić information content (AvgIpc) is 2.08. The van der Waals surface area contributed by atoms with Crippen molar-refractivity contribution < 1.29 is 14.6 Å². The Balaban J connectivity index is 3.35. The minimum Gasteiger partial charge on any atom is -0.504 e. The fourth-order valence-electron chi connectivity index (χ4n) is 0.880. The van der Waals surface area contributed by atoms with Crippen molar-refractivity contribution >= 4 is 28.4 Å². The van der Waals surface area contributed by atoms with Crippen molar-refractivity contribution in [3.63, 3.8) is 0 Å². The predicted molar refractivity (Wildman–Crippen MR) is 49.9 cm³/mol. The van der Waals surface area contributed by atoms with Crippen LogP contribution >= 0.6 is 23.2 Å². The summed E-state index contributed by atoms with van der Waals surface area (Å²) in [6.07, 6.45) is 0. The fourth-order valence-corrected chi connectivity index (χ4v) is 1.23. The molecule has 0 aliphatic carbocycles. The van der Waals surface area contributed by atoms with Gasteiger partial charge in [0.1, 0.15) is 0 Å². The summed E-state index contributed by atoms with van der Waals surface area (Å²) in [4.78, 5) is 10.8. The van der Waals surface area contributed by atoms with E-state index < -0.39 is 5.24 Å². The molecule has 70 valence electrons. The number of rotatable bonds is 2. The molecule has 1 aromatic rings. The minimum absolute atomic E-state index is 0.0639. The summed E-state index contributed by atoms with van der Waals surface area (Å²) < 4.78 is 4.77. The quantitative estimate of drug-likeness (QED) is 0.780. The van der Waals surface area contributed by atoms with E-state index in [4.69, 9.17) is 27.9 Å². The second-order valence-electron chi connectivity index (χ2n) is 2.28. The monoisotopic (exact) mass is 220 g/mol. The lowest BCUT2D eigenvalue weighted by molar-refractivity contribution is 0.107. The van der Waals surface area contributed by atoms with Crippen LogP contribution in [-0.2, 0) is 0 Å². The van der Waals surface area contributed by atoms with Gasteiger partial charge in [-0.05, 0) is 17.7 Å². The zero-order valence-electron chi connectivity index (χ0n) is 6.67. The molecule has 0 unspecified atom stereocenters. The van der Waals surface area contributed by atoms with Crippen molar-refractivity contribution in [2.45, 2.75) is 0 Å². The first-order valence-electron chi connectivity index (χ1n) is 3.32. The molecule has 1 rings (SSSR count). The lowest BCUT2D eigenvalue weighted by atomic mass is 10.2. The summed E-state index contributed by atoms with van der Waals surface area (Å²) in [5, 5.41) is 8.89. The SMILES string of the molecule is COc1cc(Cl)cc(C(=O)Cl)c1O. The Kier molecular flexibility index (Phi) is 3.01. The summed E-state index contributed by atoms with van der Waals surface area (Å²) >= 11 is 10.8. The number of phenols is 1. The number of benzene rings is 1. The highest BCUT2D eigenvalue weighted by Crippen LogP contribution is 2.33. The van der Waals surface area contributed by atoms with E-state index in [1.807, 2.05) is 0 Å². The van der Waals surface area contributed by atoms with Gasteiger partial charge in [0.05, 0.1) is 12.7 Å². The van der Waals surface area contributed by atoms with E-state index in [-0.39, 0.29) is 22.1 Å². The Morgan fingerprint density at radius 3 is 2.62 bits per heavy atom. The van der Waals surface area contributed by atoms with E-state index >= 15 is 0 Å². The summed E-state index contributed by atoms with van der Waals surface area (Å²) in [5.74, 6) is -0.177. The first-order chi connectivity index (χ1) is 6.06. The number of ether oxygens (including phenoxy) is 1. The molecule has 0 saturated heterocycles. The van der Waals surface area contributed by atoms with Crippen LogP contribution < -0.4 is 4.74 Å². The molecule has 0 atom stereocenters. The maximum Gasteiger partial charge on any atom is 0.256 e. The molecule has 0 saturated carbocycles. The topological polar surface area (TPSA) is 46.5 Å². The van der Waals surface area contributed by atoms with Crippen LogP contribution in [0, 0.1) is 0 Å². The number of hydrogen-bond acceptors (Lipinski definition) is 3. The van der Waals surface area contributed by atoms with Gasteiger partial charge >= 0.3 is 0 Å². The van der Waals surface area contributed by atoms with Gasteiger partial charge in [0.2, 0.25) is 0 Å². The van der Waals surface area contributed by atoms with Gasteiger partial charge in [-0.3, -0.25) is 4.79 Å². The van der Waals surface area contributed by atoms with E-state index in [0.717, 1.165) is 0 Å². The van der Waals surface area contributed by atoms with Crippen LogP contribution in [0.3, 0.4) is 0 Å². The van der Waals surface area contributed by atoms with Crippen molar-refractivity contribution in [1.29, 1.82) is 0 Å². The van der Waals surface area contributed by atoms with E-state index in [2.05, 4.69) is 0 Å². The third kappa shape index (κ3) is 2.05. The first kappa shape index (κ1) is 10.2. The van der Waals surface area contributed by atoms with Crippen LogP contribution in [0.2, 0.25) is 5.02 Å². The number of phenolic OH excluding ortho intramolecular Hbond substituents is 1. The molecule has 3 nitrogen and oxygen atoms in total. The molecule has 0 amide bonds. The number of carbonyl (C=O) groups excluding carboxylic acids is 1.